The molecule has 1 heterocycles. The number of carbonyl (C=O) groups excluding carboxylic acids is 1. The number of carbonyl (C=O) groups is 1. The summed E-state index contributed by atoms with van der Waals surface area (Å²) < 4.78 is 0. The van der Waals surface area contributed by atoms with Crippen molar-refractivity contribution < 1.29 is 4.79 Å². The van der Waals surface area contributed by atoms with Gasteiger partial charge in [0.05, 0.1) is 0 Å². The lowest BCUT2D eigenvalue weighted by molar-refractivity contribution is 0.0958. The van der Waals surface area contributed by atoms with Crippen LogP contribution in [-0.4, -0.2) is 30.3 Å². The molecule has 4 heteroatoms. The van der Waals surface area contributed by atoms with Crippen LogP contribution in [0.15, 0.2) is 24.3 Å². The zero-order chi connectivity index (χ0) is 12.1. The lowest BCUT2D eigenvalue weighted by Crippen LogP contribution is -2.31. The van der Waals surface area contributed by atoms with E-state index in [1.165, 1.54) is 19.3 Å². The summed E-state index contributed by atoms with van der Waals surface area (Å²) >= 11 is 0. The van der Waals surface area contributed by atoms with Crippen molar-refractivity contribution in [2.24, 2.45) is 0 Å². The van der Waals surface area contributed by atoms with Gasteiger partial charge in [-0.1, -0.05) is 6.42 Å². The standard InChI is InChI=1S/C14H20N2O.ClH/c15-13-6-4-12(5-7-13)14(17)8-11-16-9-2-1-3-10-16;/h4-7H,1-3,8-11,15H2;1H. The number of benzene rings is 1. The third kappa shape index (κ3) is 4.31. The number of nitrogens with zero attached hydrogens (tertiary/aromatic N) is 1. The predicted molar refractivity (Wildman–Crippen MR) is 77.3 cm³/mol. The first-order chi connectivity index (χ1) is 8.25. The van der Waals surface area contributed by atoms with Crippen molar-refractivity contribution in [3.63, 3.8) is 0 Å². The Kier molecular flexibility index (Phi) is 6.16. The van der Waals surface area contributed by atoms with Crippen LogP contribution in [0.1, 0.15) is 36.0 Å². The molecule has 100 valence electrons. The molecule has 0 aromatic heterocycles. The number of likely N-dealkylation sites (tertiary alicyclic amines) is 1. The zero-order valence-corrected chi connectivity index (χ0v) is 11.4. The Hall–Kier alpha value is -1.06. The van der Waals surface area contributed by atoms with E-state index in [2.05, 4.69) is 4.90 Å². The minimum atomic E-state index is 0. The molecule has 2 rings (SSSR count). The molecule has 0 amide bonds. The van der Waals surface area contributed by atoms with Gasteiger partial charge >= 0.3 is 0 Å². The fourth-order valence-electron chi connectivity index (χ4n) is 2.26. The third-order valence-corrected chi connectivity index (χ3v) is 3.34. The smallest absolute Gasteiger partial charge is 0.164 e. The highest BCUT2D eigenvalue weighted by Gasteiger charge is 2.12. The maximum absolute atomic E-state index is 11.9. The van der Waals surface area contributed by atoms with E-state index < -0.39 is 0 Å². The molecule has 0 unspecified atom stereocenters. The lowest BCUT2D eigenvalue weighted by atomic mass is 10.1. The number of nitrogen functional groups attached to an aromatic ring is 1. The van der Waals surface area contributed by atoms with Gasteiger partial charge in [-0.2, -0.15) is 0 Å². The van der Waals surface area contributed by atoms with Crippen molar-refractivity contribution in [1.29, 1.82) is 0 Å². The van der Waals surface area contributed by atoms with Crippen LogP contribution in [0.2, 0.25) is 0 Å². The van der Waals surface area contributed by atoms with E-state index in [1.807, 2.05) is 12.1 Å². The average molecular weight is 269 g/mol. The Bertz CT molecular complexity index is 372. The molecule has 2 N–H and O–H groups in total. The zero-order valence-electron chi connectivity index (χ0n) is 10.6. The topological polar surface area (TPSA) is 46.3 Å². The van der Waals surface area contributed by atoms with Crippen molar-refractivity contribution in [2.45, 2.75) is 25.7 Å². The van der Waals surface area contributed by atoms with E-state index in [1.54, 1.807) is 12.1 Å². The number of halogens is 1. The second-order valence-corrected chi connectivity index (χ2v) is 4.70. The highest BCUT2D eigenvalue weighted by molar-refractivity contribution is 5.96. The average Bonchev–Trinajstić information content (AvgIpc) is 2.38. The number of hydrogen-bond acceptors (Lipinski definition) is 3. The second-order valence-electron chi connectivity index (χ2n) is 4.70. The van der Waals surface area contributed by atoms with Crippen molar-refractivity contribution in [2.75, 3.05) is 25.4 Å². The molecule has 3 nitrogen and oxygen atoms in total. The normalized spacial score (nSPS) is 16.0. The number of nitrogens with two attached hydrogens (primary N) is 1. The van der Waals surface area contributed by atoms with Gasteiger partial charge in [-0.25, -0.2) is 0 Å². The van der Waals surface area contributed by atoms with Crippen LogP contribution in [0, 0.1) is 0 Å². The molecule has 0 radical (unpaired) electrons. The molecule has 1 aromatic rings. The largest absolute Gasteiger partial charge is 0.399 e. The van der Waals surface area contributed by atoms with Gasteiger partial charge in [0.1, 0.15) is 0 Å². The van der Waals surface area contributed by atoms with Gasteiger partial charge in [0.2, 0.25) is 0 Å². The Morgan fingerprint density at radius 2 is 1.72 bits per heavy atom. The van der Waals surface area contributed by atoms with Crippen LogP contribution in [0.5, 0.6) is 0 Å². The first-order valence-electron chi connectivity index (χ1n) is 6.37. The quantitative estimate of drug-likeness (QED) is 0.675. The second kappa shape index (κ2) is 7.39. The molecule has 1 aromatic carbocycles. The molecule has 18 heavy (non-hydrogen) atoms. The summed E-state index contributed by atoms with van der Waals surface area (Å²) in [6.45, 7) is 3.19. The van der Waals surface area contributed by atoms with Crippen molar-refractivity contribution in [3.8, 4) is 0 Å². The molecule has 0 atom stereocenters. The third-order valence-electron chi connectivity index (χ3n) is 3.34. The molecule has 1 fully saturated rings. The Balaban J connectivity index is 0.00000162. The van der Waals surface area contributed by atoms with Gasteiger partial charge < -0.3 is 10.6 Å². The van der Waals surface area contributed by atoms with E-state index >= 15 is 0 Å². The summed E-state index contributed by atoms with van der Waals surface area (Å²) in [7, 11) is 0. The van der Waals surface area contributed by atoms with Crippen LogP contribution < -0.4 is 5.73 Å². The van der Waals surface area contributed by atoms with Crippen LogP contribution in [0.4, 0.5) is 5.69 Å². The van der Waals surface area contributed by atoms with Crippen LogP contribution in [0.25, 0.3) is 0 Å². The number of anilines is 1. The van der Waals surface area contributed by atoms with Crippen molar-refractivity contribution in [1.82, 2.24) is 4.90 Å². The molecule has 0 spiro atoms. The first-order valence-corrected chi connectivity index (χ1v) is 6.37. The fraction of sp³-hybridized carbons (Fsp3) is 0.500. The monoisotopic (exact) mass is 268 g/mol. The van der Waals surface area contributed by atoms with E-state index in [0.29, 0.717) is 12.1 Å². The number of ketones is 1. The van der Waals surface area contributed by atoms with Gasteiger partial charge in [0.25, 0.3) is 0 Å². The molecule has 0 bridgehead atoms. The molecule has 0 aliphatic carbocycles. The van der Waals surface area contributed by atoms with E-state index in [4.69, 9.17) is 5.73 Å². The number of rotatable bonds is 4. The van der Waals surface area contributed by atoms with E-state index in [-0.39, 0.29) is 18.2 Å². The number of piperidine rings is 1. The van der Waals surface area contributed by atoms with Crippen LogP contribution >= 0.6 is 12.4 Å². The van der Waals surface area contributed by atoms with E-state index in [0.717, 1.165) is 25.2 Å². The van der Waals surface area contributed by atoms with Gasteiger partial charge in [-0.15, -0.1) is 12.4 Å². The van der Waals surface area contributed by atoms with Gasteiger partial charge in [-0.3, -0.25) is 4.79 Å². The summed E-state index contributed by atoms with van der Waals surface area (Å²) in [5.41, 5.74) is 7.08. The summed E-state index contributed by atoms with van der Waals surface area (Å²) in [4.78, 5) is 14.3. The maximum Gasteiger partial charge on any atom is 0.164 e. The summed E-state index contributed by atoms with van der Waals surface area (Å²) in [6, 6.07) is 7.20. The molecule has 1 aliphatic rings. The molecular weight excluding hydrogens is 248 g/mol. The SMILES string of the molecule is Cl.Nc1ccc(C(=O)CCN2CCCCC2)cc1. The molecular formula is C14H21ClN2O. The Labute approximate surface area is 115 Å². The van der Waals surface area contributed by atoms with Crippen molar-refractivity contribution >= 4 is 23.9 Å². The highest BCUT2D eigenvalue weighted by Crippen LogP contribution is 2.11. The summed E-state index contributed by atoms with van der Waals surface area (Å²) in [5, 5.41) is 0. The Morgan fingerprint density at radius 3 is 2.33 bits per heavy atom. The van der Waals surface area contributed by atoms with E-state index in [9.17, 15) is 4.79 Å². The number of hydrogen-bond donors (Lipinski definition) is 1. The molecule has 1 aliphatic heterocycles. The fourth-order valence-corrected chi connectivity index (χ4v) is 2.26. The first kappa shape index (κ1) is 15.0. The van der Waals surface area contributed by atoms with Crippen LogP contribution in [-0.2, 0) is 0 Å². The minimum Gasteiger partial charge on any atom is -0.399 e. The molecule has 1 saturated heterocycles. The van der Waals surface area contributed by atoms with Gasteiger partial charge in [0, 0.05) is 24.2 Å². The van der Waals surface area contributed by atoms with Crippen molar-refractivity contribution in [3.05, 3.63) is 29.8 Å². The molecule has 0 saturated carbocycles. The summed E-state index contributed by atoms with van der Waals surface area (Å²) in [6.07, 6.45) is 4.50. The summed E-state index contributed by atoms with van der Waals surface area (Å²) in [5.74, 6) is 0.218. The van der Waals surface area contributed by atoms with Gasteiger partial charge in [-0.05, 0) is 50.2 Å². The van der Waals surface area contributed by atoms with Gasteiger partial charge in [0.15, 0.2) is 5.78 Å². The maximum atomic E-state index is 11.9. The number of Topliss-reactive ketones (excluding diaryl/α,β-unsaturated/α-hetero) is 1. The highest BCUT2D eigenvalue weighted by atomic mass is 35.5. The Morgan fingerprint density at radius 1 is 1.11 bits per heavy atom. The minimum absolute atomic E-state index is 0. The lowest BCUT2D eigenvalue weighted by Gasteiger charge is -2.25. The predicted octanol–water partition coefficient (Wildman–Crippen LogP) is 2.75. The van der Waals surface area contributed by atoms with Crippen LogP contribution in [0.3, 0.4) is 0 Å².